The molecule has 0 rings (SSSR count). The minimum atomic E-state index is 0. The van der Waals surface area contributed by atoms with Crippen molar-refractivity contribution < 1.29 is 0 Å². The van der Waals surface area contributed by atoms with Gasteiger partial charge >= 0.3 is 87.3 Å². The Balaban J connectivity index is 0. The van der Waals surface area contributed by atoms with Crippen LogP contribution in [0.15, 0.2) is 0 Å². The molecule has 0 aliphatic heterocycles. The Labute approximate surface area is 85.7 Å². The number of hydrogen-bond acceptors (Lipinski definition) is 0. The molecule has 0 unspecified atom stereocenters. The van der Waals surface area contributed by atoms with Crippen molar-refractivity contribution >= 4 is 87.3 Å². The van der Waals surface area contributed by atoms with Crippen LogP contribution in [0.25, 0.3) is 0 Å². The predicted octanol–water partition coefficient (Wildman–Crippen LogP) is -3.93. The second-order valence-corrected chi connectivity index (χ2v) is 0. The average molecular weight is 208 g/mol. The van der Waals surface area contributed by atoms with E-state index in [-0.39, 0.29) is 87.3 Å². The molecular weight excluding hydrogens is 199 g/mol. The van der Waals surface area contributed by atoms with Crippen molar-refractivity contribution in [3.05, 3.63) is 0 Å². The number of hydrogen-bond donors (Lipinski definition) is 0. The normalized spacial score (nSPS) is 0. The first kappa shape index (κ1) is 29.0. The van der Waals surface area contributed by atoms with Crippen LogP contribution in [0.3, 0.4) is 0 Å². The molecule has 0 fully saturated rings. The summed E-state index contributed by atoms with van der Waals surface area (Å²) in [5, 5.41) is 0. The van der Waals surface area contributed by atoms with E-state index in [4.69, 9.17) is 0 Å². The molecule has 0 heterocycles. The van der Waals surface area contributed by atoms with Crippen molar-refractivity contribution in [2.75, 3.05) is 0 Å². The van der Waals surface area contributed by atoms with Crippen molar-refractivity contribution in [3.8, 4) is 0 Å². The molecule has 0 spiro atoms. The molecule has 0 atom stereocenters. The molecule has 0 saturated heterocycles. The van der Waals surface area contributed by atoms with Crippen LogP contribution in [0.4, 0.5) is 0 Å². The molecule has 0 aliphatic rings. The van der Waals surface area contributed by atoms with E-state index in [9.17, 15) is 0 Å². The zero-order valence-electron chi connectivity index (χ0n) is 0.500. The summed E-state index contributed by atoms with van der Waals surface area (Å²) in [7, 11) is 0. The Morgan fingerprint density at radius 2 is 1.00 bits per heavy atom. The van der Waals surface area contributed by atoms with Crippen LogP contribution in [0, 0.1) is 0 Å². The first-order valence-corrected chi connectivity index (χ1v) is 0. The first-order valence-electron chi connectivity index (χ1n) is 0. The summed E-state index contributed by atoms with van der Waals surface area (Å²) in [5.74, 6) is 0. The third-order valence-electron chi connectivity index (χ3n) is 0. The summed E-state index contributed by atoms with van der Waals surface area (Å²) in [6.07, 6.45) is 0. The topological polar surface area (TPSA) is 0 Å². The standard InChI is InChI=1S/GeH4.Mg.Na.H2Se.3H/h1H4;;;1H2;;;. The van der Waals surface area contributed by atoms with Crippen molar-refractivity contribution in [1.82, 2.24) is 0 Å². The molecule has 0 amide bonds. The quantitative estimate of drug-likeness (QED) is 0.356. The van der Waals surface area contributed by atoms with Gasteiger partial charge in [0.2, 0.25) is 0 Å². The van der Waals surface area contributed by atoms with Gasteiger partial charge in [0, 0.05) is 0 Å². The maximum absolute atomic E-state index is 0. The van der Waals surface area contributed by atoms with Crippen LogP contribution >= 0.6 is 0 Å². The average Bonchev–Trinajstić information content (AvgIpc) is 0. The Morgan fingerprint density at radius 3 is 1.00 bits per heavy atom. The van der Waals surface area contributed by atoms with Crippen LogP contribution in [-0.2, 0) is 0 Å². The van der Waals surface area contributed by atoms with E-state index in [1.807, 2.05) is 0 Å². The van der Waals surface area contributed by atoms with Crippen molar-refractivity contribution in [1.29, 1.82) is 0 Å². The summed E-state index contributed by atoms with van der Waals surface area (Å²) in [6, 6.07) is 0. The Hall–Kier alpha value is 2.83. The van der Waals surface area contributed by atoms with E-state index in [1.54, 1.807) is 0 Å². The molecular formula is H9GeMgNaSe. The van der Waals surface area contributed by atoms with Gasteiger partial charge in [-0.15, -0.1) is 0 Å². The van der Waals surface area contributed by atoms with Gasteiger partial charge in [-0.3, -0.25) is 0 Å². The van der Waals surface area contributed by atoms with Gasteiger partial charge in [0.25, 0.3) is 0 Å². The van der Waals surface area contributed by atoms with Gasteiger partial charge in [-0.1, -0.05) is 0 Å². The van der Waals surface area contributed by atoms with E-state index in [0.717, 1.165) is 0 Å². The minimum absolute atomic E-state index is 0. The molecule has 0 radical (unpaired) electrons. The van der Waals surface area contributed by atoms with Crippen molar-refractivity contribution in [2.45, 2.75) is 0 Å². The molecule has 0 aromatic heterocycles. The third kappa shape index (κ3) is 8.85. The van der Waals surface area contributed by atoms with E-state index >= 15 is 0 Å². The summed E-state index contributed by atoms with van der Waals surface area (Å²) < 4.78 is 0. The van der Waals surface area contributed by atoms with E-state index in [1.165, 1.54) is 0 Å². The maximum atomic E-state index is 0. The summed E-state index contributed by atoms with van der Waals surface area (Å²) in [4.78, 5) is 0. The summed E-state index contributed by atoms with van der Waals surface area (Å²) in [5.41, 5.74) is 0. The SMILES string of the molecule is [GeH4].[MgH2].[NaH].[SeH2]. The molecule has 0 nitrogen and oxygen atoms in total. The second kappa shape index (κ2) is 17.0. The van der Waals surface area contributed by atoms with Gasteiger partial charge in [0.05, 0.1) is 0 Å². The first-order chi connectivity index (χ1) is 0. The van der Waals surface area contributed by atoms with Gasteiger partial charge in [-0.05, 0) is 0 Å². The van der Waals surface area contributed by atoms with Crippen molar-refractivity contribution in [2.24, 2.45) is 0 Å². The summed E-state index contributed by atoms with van der Waals surface area (Å²) >= 11 is 0. The van der Waals surface area contributed by atoms with Crippen LogP contribution in [-0.4, -0.2) is 87.3 Å². The molecule has 4 heavy (non-hydrogen) atoms. The molecule has 0 N–H and O–H groups in total. The van der Waals surface area contributed by atoms with Gasteiger partial charge in [-0.2, -0.15) is 0 Å². The van der Waals surface area contributed by atoms with Gasteiger partial charge in [-0.25, -0.2) is 0 Å². The van der Waals surface area contributed by atoms with Gasteiger partial charge < -0.3 is 0 Å². The zero-order valence-corrected chi connectivity index (χ0v) is 2.60. The van der Waals surface area contributed by atoms with E-state index in [2.05, 4.69) is 0 Å². The van der Waals surface area contributed by atoms with Gasteiger partial charge in [0.1, 0.15) is 0 Å². The Kier molecular flexibility index (Phi) is 123. The Morgan fingerprint density at radius 1 is 1.00 bits per heavy atom. The molecule has 0 aromatic rings. The summed E-state index contributed by atoms with van der Waals surface area (Å²) in [6.45, 7) is 0. The van der Waals surface area contributed by atoms with Crippen LogP contribution in [0.2, 0.25) is 0 Å². The molecule has 4 heteroatoms. The second-order valence-electron chi connectivity index (χ2n) is 0. The molecule has 0 aromatic carbocycles. The molecule has 22 valence electrons. The van der Waals surface area contributed by atoms with Gasteiger partial charge in [0.15, 0.2) is 0 Å². The van der Waals surface area contributed by atoms with Crippen LogP contribution in [0.1, 0.15) is 0 Å². The Bertz CT molecular complexity index is 8.00. The predicted molar refractivity (Wildman–Crippen MR) is 35.6 cm³/mol. The van der Waals surface area contributed by atoms with Crippen molar-refractivity contribution in [3.63, 3.8) is 0 Å². The fourth-order valence-corrected chi connectivity index (χ4v) is 0. The van der Waals surface area contributed by atoms with Crippen LogP contribution < -0.4 is 0 Å². The third-order valence-corrected chi connectivity index (χ3v) is 0. The molecule has 0 bridgehead atoms. The zero-order chi connectivity index (χ0) is 0. The fourth-order valence-electron chi connectivity index (χ4n) is 0. The van der Waals surface area contributed by atoms with E-state index < -0.39 is 0 Å². The number of rotatable bonds is 0. The van der Waals surface area contributed by atoms with E-state index in [0.29, 0.717) is 0 Å². The molecule has 0 saturated carbocycles. The monoisotopic (exact) mass is 210 g/mol. The fraction of sp³-hybridized carbons (Fsp3) is 0. The van der Waals surface area contributed by atoms with Crippen LogP contribution in [0.5, 0.6) is 0 Å². The molecule has 0 aliphatic carbocycles.